The summed E-state index contributed by atoms with van der Waals surface area (Å²) in [7, 11) is 0. The standard InChI is InChI=1S/C18H17ClN2O4S/c1-10-3-4-13(20-9-10)11(2)25-15-8-16-14(7-12(15)19)21(18(24)26-16)6-5-17(22)23/h3-4,7-9,11H,5-6H2,1-2H3,(H,22,23)/t11-/m1/s1. The van der Waals surface area contributed by atoms with Crippen LogP contribution < -0.4 is 9.61 Å². The zero-order chi connectivity index (χ0) is 18.8. The van der Waals surface area contributed by atoms with E-state index >= 15 is 0 Å². The molecule has 1 N–H and O–H groups in total. The number of aromatic nitrogens is 2. The molecular weight excluding hydrogens is 376 g/mol. The number of fused-ring (bicyclic) bond motifs is 1. The molecule has 0 aliphatic rings. The van der Waals surface area contributed by atoms with Crippen molar-refractivity contribution >= 4 is 39.1 Å². The van der Waals surface area contributed by atoms with E-state index in [4.69, 9.17) is 21.4 Å². The first-order valence-electron chi connectivity index (χ1n) is 7.99. The van der Waals surface area contributed by atoms with Crippen LogP contribution in [0.1, 0.15) is 30.7 Å². The molecule has 26 heavy (non-hydrogen) atoms. The zero-order valence-corrected chi connectivity index (χ0v) is 15.8. The van der Waals surface area contributed by atoms with Crippen molar-refractivity contribution < 1.29 is 14.6 Å². The number of aliphatic carboxylic acids is 1. The van der Waals surface area contributed by atoms with E-state index in [0.29, 0.717) is 21.0 Å². The summed E-state index contributed by atoms with van der Waals surface area (Å²) in [4.78, 5) is 27.1. The Balaban J connectivity index is 1.90. The van der Waals surface area contributed by atoms with Gasteiger partial charge in [-0.3, -0.25) is 19.1 Å². The minimum Gasteiger partial charge on any atom is -0.483 e. The Labute approximate surface area is 158 Å². The normalized spacial score (nSPS) is 12.3. The van der Waals surface area contributed by atoms with Gasteiger partial charge in [0.25, 0.3) is 0 Å². The fraction of sp³-hybridized carbons (Fsp3) is 0.278. The molecule has 3 rings (SSSR count). The average molecular weight is 393 g/mol. The quantitative estimate of drug-likeness (QED) is 0.684. The van der Waals surface area contributed by atoms with Gasteiger partial charge in [-0.05, 0) is 31.5 Å². The lowest BCUT2D eigenvalue weighted by Crippen LogP contribution is -2.15. The highest BCUT2D eigenvalue weighted by molar-refractivity contribution is 7.16. The van der Waals surface area contributed by atoms with Gasteiger partial charge in [-0.25, -0.2) is 0 Å². The summed E-state index contributed by atoms with van der Waals surface area (Å²) in [5.74, 6) is -0.498. The van der Waals surface area contributed by atoms with Gasteiger partial charge in [0.1, 0.15) is 11.9 Å². The van der Waals surface area contributed by atoms with Gasteiger partial charge < -0.3 is 9.84 Å². The van der Waals surface area contributed by atoms with Crippen LogP contribution in [0.5, 0.6) is 5.75 Å². The van der Waals surface area contributed by atoms with Crippen LogP contribution in [-0.2, 0) is 11.3 Å². The highest BCUT2D eigenvalue weighted by Crippen LogP contribution is 2.34. The molecule has 0 spiro atoms. The second kappa shape index (κ2) is 7.47. The number of aryl methyl sites for hydroxylation is 2. The monoisotopic (exact) mass is 392 g/mol. The van der Waals surface area contributed by atoms with E-state index < -0.39 is 5.97 Å². The lowest BCUT2D eigenvalue weighted by Gasteiger charge is -2.15. The van der Waals surface area contributed by atoms with Crippen molar-refractivity contribution in [2.45, 2.75) is 32.9 Å². The third-order valence-electron chi connectivity index (χ3n) is 3.93. The third-order valence-corrected chi connectivity index (χ3v) is 5.16. The molecule has 0 fully saturated rings. The molecule has 2 aromatic heterocycles. The molecule has 0 aliphatic heterocycles. The van der Waals surface area contributed by atoms with Crippen LogP contribution in [-0.4, -0.2) is 20.6 Å². The predicted molar refractivity (Wildman–Crippen MR) is 101 cm³/mol. The number of carboxylic acids is 1. The van der Waals surface area contributed by atoms with Crippen molar-refractivity contribution in [1.29, 1.82) is 0 Å². The van der Waals surface area contributed by atoms with Gasteiger partial charge >= 0.3 is 10.8 Å². The van der Waals surface area contributed by atoms with Crippen molar-refractivity contribution in [2.75, 3.05) is 0 Å². The molecule has 0 bridgehead atoms. The number of hydrogen-bond donors (Lipinski definition) is 1. The minimum absolute atomic E-state index is 0.106. The van der Waals surface area contributed by atoms with Gasteiger partial charge in [-0.15, -0.1) is 0 Å². The molecule has 0 amide bonds. The van der Waals surface area contributed by atoms with E-state index in [1.807, 2.05) is 26.0 Å². The fourth-order valence-electron chi connectivity index (χ4n) is 2.54. The number of halogens is 1. The molecule has 0 saturated heterocycles. The maximum absolute atomic E-state index is 12.1. The van der Waals surface area contributed by atoms with Crippen molar-refractivity contribution in [3.63, 3.8) is 0 Å². The summed E-state index contributed by atoms with van der Waals surface area (Å²) in [6.07, 6.45) is 1.34. The van der Waals surface area contributed by atoms with Crippen LogP contribution in [0.25, 0.3) is 10.2 Å². The zero-order valence-electron chi connectivity index (χ0n) is 14.2. The van der Waals surface area contributed by atoms with Crippen LogP contribution in [0.3, 0.4) is 0 Å². The van der Waals surface area contributed by atoms with Crippen LogP contribution in [0.4, 0.5) is 0 Å². The van der Waals surface area contributed by atoms with Crippen molar-refractivity contribution in [3.05, 3.63) is 56.4 Å². The summed E-state index contributed by atoms with van der Waals surface area (Å²) in [6, 6.07) is 7.21. The molecule has 3 aromatic rings. The van der Waals surface area contributed by atoms with Crippen LogP contribution >= 0.6 is 22.9 Å². The highest BCUT2D eigenvalue weighted by Gasteiger charge is 2.16. The van der Waals surface area contributed by atoms with Gasteiger partial charge in [-0.1, -0.05) is 29.0 Å². The highest BCUT2D eigenvalue weighted by atomic mass is 35.5. The van der Waals surface area contributed by atoms with E-state index in [9.17, 15) is 9.59 Å². The van der Waals surface area contributed by atoms with E-state index in [2.05, 4.69) is 4.98 Å². The lowest BCUT2D eigenvalue weighted by molar-refractivity contribution is -0.137. The van der Waals surface area contributed by atoms with E-state index in [1.165, 1.54) is 4.57 Å². The van der Waals surface area contributed by atoms with Crippen molar-refractivity contribution in [3.8, 4) is 5.75 Å². The number of ether oxygens (including phenoxy) is 1. The Hall–Kier alpha value is -2.38. The first-order chi connectivity index (χ1) is 12.3. The summed E-state index contributed by atoms with van der Waals surface area (Å²) >= 11 is 7.37. The summed E-state index contributed by atoms with van der Waals surface area (Å²) in [6.45, 7) is 3.94. The Morgan fingerprint density at radius 1 is 1.42 bits per heavy atom. The second-order valence-corrected chi connectivity index (χ2v) is 7.33. The topological polar surface area (TPSA) is 81.4 Å². The Bertz CT molecular complexity index is 1010. The maximum atomic E-state index is 12.1. The van der Waals surface area contributed by atoms with E-state index in [-0.39, 0.29) is 23.9 Å². The van der Waals surface area contributed by atoms with Gasteiger partial charge in [0, 0.05) is 18.8 Å². The predicted octanol–water partition coefficient (Wildman–Crippen LogP) is 4.03. The summed E-state index contributed by atoms with van der Waals surface area (Å²) in [5.41, 5.74) is 2.45. The molecule has 0 aliphatic carbocycles. The molecule has 6 nitrogen and oxygen atoms in total. The van der Waals surface area contributed by atoms with Gasteiger partial charge in [0.15, 0.2) is 0 Å². The first kappa shape index (κ1) is 18.4. The number of hydrogen-bond acceptors (Lipinski definition) is 5. The molecule has 0 saturated carbocycles. The third kappa shape index (κ3) is 3.89. The largest absolute Gasteiger partial charge is 0.483 e. The molecule has 0 radical (unpaired) electrons. The van der Waals surface area contributed by atoms with Gasteiger partial charge in [-0.2, -0.15) is 0 Å². The fourth-order valence-corrected chi connectivity index (χ4v) is 3.67. The van der Waals surface area contributed by atoms with Gasteiger partial charge in [0.05, 0.1) is 27.4 Å². The second-order valence-electron chi connectivity index (χ2n) is 5.93. The minimum atomic E-state index is -0.957. The van der Waals surface area contributed by atoms with Gasteiger partial charge in [0.2, 0.25) is 0 Å². The number of carbonyl (C=O) groups is 1. The molecule has 1 aromatic carbocycles. The SMILES string of the molecule is Cc1ccc([C@@H](C)Oc2cc3sc(=O)n(CCC(=O)O)c3cc2Cl)nc1. The smallest absolute Gasteiger partial charge is 0.308 e. The van der Waals surface area contributed by atoms with Crippen LogP contribution in [0.15, 0.2) is 35.3 Å². The van der Waals surface area contributed by atoms with Crippen molar-refractivity contribution in [2.24, 2.45) is 0 Å². The molecule has 136 valence electrons. The average Bonchev–Trinajstić information content (AvgIpc) is 2.88. The Kier molecular flexibility index (Phi) is 5.29. The number of pyridine rings is 1. The Morgan fingerprint density at radius 3 is 2.85 bits per heavy atom. The Morgan fingerprint density at radius 2 is 2.19 bits per heavy atom. The van der Waals surface area contributed by atoms with Crippen LogP contribution in [0, 0.1) is 6.92 Å². The summed E-state index contributed by atoms with van der Waals surface area (Å²) < 4.78 is 8.06. The number of benzene rings is 1. The van der Waals surface area contributed by atoms with E-state index in [0.717, 1.165) is 22.6 Å². The molecule has 8 heteroatoms. The molecule has 0 unspecified atom stereocenters. The molecular formula is C18H17ClN2O4S. The van der Waals surface area contributed by atoms with Crippen molar-refractivity contribution in [1.82, 2.24) is 9.55 Å². The molecule has 2 heterocycles. The maximum Gasteiger partial charge on any atom is 0.308 e. The lowest BCUT2D eigenvalue weighted by atomic mass is 10.2. The summed E-state index contributed by atoms with van der Waals surface area (Å²) in [5, 5.41) is 9.19. The number of thiazole rings is 1. The number of rotatable bonds is 6. The van der Waals surface area contributed by atoms with Crippen LogP contribution in [0.2, 0.25) is 5.02 Å². The molecule has 1 atom stereocenters. The number of carboxylic acid groups (broad SMARTS) is 1. The van der Waals surface area contributed by atoms with E-state index in [1.54, 1.807) is 18.3 Å². The first-order valence-corrected chi connectivity index (χ1v) is 9.18. The number of nitrogens with zero attached hydrogens (tertiary/aromatic N) is 2.